The lowest BCUT2D eigenvalue weighted by Gasteiger charge is -2.21. The number of carbonyl (C=O) groups excluding carboxylic acids is 4. The fraction of sp³-hybridized carbons (Fsp3) is 0.0526. The van der Waals surface area contributed by atoms with E-state index in [4.69, 9.17) is 20.9 Å². The molecule has 0 radical (unpaired) electrons. The van der Waals surface area contributed by atoms with E-state index in [1.54, 1.807) is 84.9 Å². The highest BCUT2D eigenvalue weighted by molar-refractivity contribution is 6.29. The predicted molar refractivity (Wildman–Crippen MR) is 191 cm³/mol. The standard InChI is InChI=1S/C26H20N2O6.C12H12N2O2/c1-3-13-33-21-15-17(5-7-19(21)27-23(29)9-10-24(27)30)18-6-8-20(22(16-18)34-14-4-2)28-25(31)11-12-26(28)32;13-9-3-1-7(5-11(9)15)8-2-4-10(14)12(16)6-8/h3-12,15-16H,1-2,13-14H2;1-6,15-16H,13-14H2. The van der Waals surface area contributed by atoms with Crippen LogP contribution in [0, 0.1) is 0 Å². The molecule has 0 spiro atoms. The zero-order valence-electron chi connectivity index (χ0n) is 26.6. The zero-order valence-corrected chi connectivity index (χ0v) is 26.6. The molecule has 4 aromatic rings. The number of rotatable bonds is 10. The molecular formula is C38H32N4O8. The Labute approximate surface area is 287 Å². The smallest absolute Gasteiger partial charge is 0.258 e. The van der Waals surface area contributed by atoms with Crippen LogP contribution in [0.15, 0.2) is 122 Å². The van der Waals surface area contributed by atoms with Gasteiger partial charge in [0.25, 0.3) is 23.6 Å². The second-order valence-electron chi connectivity index (χ2n) is 10.8. The number of hydrogen-bond donors (Lipinski definition) is 4. The molecule has 50 heavy (non-hydrogen) atoms. The van der Waals surface area contributed by atoms with Crippen molar-refractivity contribution in [2.75, 3.05) is 34.5 Å². The summed E-state index contributed by atoms with van der Waals surface area (Å²) < 4.78 is 11.5. The van der Waals surface area contributed by atoms with Gasteiger partial charge in [-0.3, -0.25) is 19.2 Å². The Kier molecular flexibility index (Phi) is 10.1. The maximum Gasteiger partial charge on any atom is 0.258 e. The third-order valence-corrected chi connectivity index (χ3v) is 7.46. The first-order chi connectivity index (χ1) is 24.0. The van der Waals surface area contributed by atoms with E-state index >= 15 is 0 Å². The second kappa shape index (κ2) is 14.8. The molecule has 12 heteroatoms. The van der Waals surface area contributed by atoms with Crippen LogP contribution in [0.3, 0.4) is 0 Å². The van der Waals surface area contributed by atoms with Gasteiger partial charge < -0.3 is 31.2 Å². The number of aromatic hydroxyl groups is 2. The van der Waals surface area contributed by atoms with Gasteiger partial charge in [0.2, 0.25) is 0 Å². The lowest BCUT2D eigenvalue weighted by atomic mass is 10.0. The molecule has 0 fully saturated rings. The quantitative estimate of drug-likeness (QED) is 0.0748. The molecule has 0 saturated carbocycles. The summed E-state index contributed by atoms with van der Waals surface area (Å²) in [5.41, 5.74) is 15.2. The molecule has 252 valence electrons. The lowest BCUT2D eigenvalue weighted by molar-refractivity contribution is -0.121. The number of phenolic OH excluding ortho intramolecular Hbond substituents is 2. The maximum absolute atomic E-state index is 12.2. The number of nitrogens with two attached hydrogens (primary N) is 2. The van der Waals surface area contributed by atoms with Gasteiger partial charge in [0.15, 0.2) is 0 Å². The van der Waals surface area contributed by atoms with Crippen LogP contribution in [-0.4, -0.2) is 47.1 Å². The first-order valence-electron chi connectivity index (χ1n) is 15.1. The highest BCUT2D eigenvalue weighted by Crippen LogP contribution is 2.39. The molecule has 2 heterocycles. The number of ether oxygens (including phenoxy) is 2. The molecule has 0 bridgehead atoms. The van der Waals surface area contributed by atoms with Crippen molar-refractivity contribution in [1.82, 2.24) is 0 Å². The molecule has 0 aliphatic carbocycles. The highest BCUT2D eigenvalue weighted by Gasteiger charge is 2.30. The van der Waals surface area contributed by atoms with E-state index in [0.29, 0.717) is 45.4 Å². The summed E-state index contributed by atoms with van der Waals surface area (Å²) in [7, 11) is 0. The molecule has 6 rings (SSSR count). The van der Waals surface area contributed by atoms with Crippen LogP contribution in [0.5, 0.6) is 23.0 Å². The van der Waals surface area contributed by atoms with E-state index in [9.17, 15) is 29.4 Å². The van der Waals surface area contributed by atoms with E-state index in [-0.39, 0.29) is 24.7 Å². The monoisotopic (exact) mass is 672 g/mol. The van der Waals surface area contributed by atoms with Gasteiger partial charge in [-0.1, -0.05) is 49.6 Å². The first kappa shape index (κ1) is 34.3. The highest BCUT2D eigenvalue weighted by atomic mass is 16.5. The van der Waals surface area contributed by atoms with Crippen molar-refractivity contribution in [3.8, 4) is 45.3 Å². The largest absolute Gasteiger partial charge is 0.506 e. The van der Waals surface area contributed by atoms with Gasteiger partial charge in [0, 0.05) is 24.3 Å². The SMILES string of the molecule is C=CCOc1cc(-c2ccc(N3C(=O)C=CC3=O)c(OCC=C)c2)ccc1N1C(=O)C=CC1=O.Nc1ccc(-c2ccc(N)c(O)c2)cc1O. The normalized spacial score (nSPS) is 13.4. The van der Waals surface area contributed by atoms with Crippen LogP contribution in [0.2, 0.25) is 0 Å². The van der Waals surface area contributed by atoms with Crippen LogP contribution in [0.4, 0.5) is 22.7 Å². The number of amides is 4. The third-order valence-electron chi connectivity index (χ3n) is 7.46. The second-order valence-corrected chi connectivity index (χ2v) is 10.8. The van der Waals surface area contributed by atoms with Crippen LogP contribution in [0.25, 0.3) is 22.3 Å². The maximum atomic E-state index is 12.2. The fourth-order valence-electron chi connectivity index (χ4n) is 5.01. The lowest BCUT2D eigenvalue weighted by Crippen LogP contribution is -2.30. The average Bonchev–Trinajstić information content (AvgIpc) is 3.63. The molecule has 0 atom stereocenters. The Hall–Kier alpha value is -7.08. The molecule has 12 nitrogen and oxygen atoms in total. The van der Waals surface area contributed by atoms with Gasteiger partial charge in [-0.05, 0) is 70.8 Å². The molecule has 0 aromatic heterocycles. The van der Waals surface area contributed by atoms with Crippen molar-refractivity contribution in [3.63, 3.8) is 0 Å². The zero-order chi connectivity index (χ0) is 35.9. The number of nitrogens with zero attached hydrogens (tertiary/aromatic N) is 2. The van der Waals surface area contributed by atoms with Crippen molar-refractivity contribution >= 4 is 46.4 Å². The number of imide groups is 2. The summed E-state index contributed by atoms with van der Waals surface area (Å²) >= 11 is 0. The minimum atomic E-state index is -0.459. The number of benzene rings is 4. The number of carbonyl (C=O) groups is 4. The Morgan fingerprint density at radius 3 is 1.18 bits per heavy atom. The van der Waals surface area contributed by atoms with Crippen molar-refractivity contribution in [2.45, 2.75) is 0 Å². The number of phenols is 2. The van der Waals surface area contributed by atoms with Gasteiger partial charge in [-0.15, -0.1) is 0 Å². The number of anilines is 4. The predicted octanol–water partition coefficient (Wildman–Crippen LogP) is 5.27. The topological polar surface area (TPSA) is 186 Å². The van der Waals surface area contributed by atoms with Crippen LogP contribution in [0.1, 0.15) is 0 Å². The summed E-state index contributed by atoms with van der Waals surface area (Å²) in [6.07, 6.45) is 7.90. The summed E-state index contributed by atoms with van der Waals surface area (Å²) in [6, 6.07) is 19.9. The number of hydrogen-bond acceptors (Lipinski definition) is 10. The van der Waals surface area contributed by atoms with E-state index < -0.39 is 23.6 Å². The fourth-order valence-corrected chi connectivity index (χ4v) is 5.01. The summed E-state index contributed by atoms with van der Waals surface area (Å²) in [5.74, 6) is -1.16. The average molecular weight is 673 g/mol. The van der Waals surface area contributed by atoms with Gasteiger partial charge in [-0.25, -0.2) is 9.80 Å². The molecule has 6 N–H and O–H groups in total. The van der Waals surface area contributed by atoms with E-state index in [0.717, 1.165) is 20.9 Å². The molecule has 4 aromatic carbocycles. The molecule has 4 amide bonds. The molecule has 0 saturated heterocycles. The van der Waals surface area contributed by atoms with Gasteiger partial charge >= 0.3 is 0 Å². The Balaban J connectivity index is 0.000000253. The van der Waals surface area contributed by atoms with Crippen LogP contribution in [-0.2, 0) is 19.2 Å². The summed E-state index contributed by atoms with van der Waals surface area (Å²) in [4.78, 5) is 50.8. The summed E-state index contributed by atoms with van der Waals surface area (Å²) in [6.45, 7) is 7.61. The molecule has 2 aliphatic heterocycles. The van der Waals surface area contributed by atoms with Gasteiger partial charge in [-0.2, -0.15) is 0 Å². The molecule has 2 aliphatic rings. The third kappa shape index (κ3) is 7.24. The van der Waals surface area contributed by atoms with E-state index in [2.05, 4.69) is 13.2 Å². The Bertz CT molecular complexity index is 1920. The van der Waals surface area contributed by atoms with E-state index in [1.807, 2.05) is 0 Å². The van der Waals surface area contributed by atoms with Crippen molar-refractivity contribution in [1.29, 1.82) is 0 Å². The molecular weight excluding hydrogens is 640 g/mol. The van der Waals surface area contributed by atoms with E-state index in [1.165, 1.54) is 24.3 Å². The first-order valence-corrected chi connectivity index (χ1v) is 15.1. The van der Waals surface area contributed by atoms with Crippen molar-refractivity contribution < 1.29 is 38.9 Å². The number of nitrogen functional groups attached to an aromatic ring is 2. The minimum Gasteiger partial charge on any atom is -0.506 e. The summed E-state index contributed by atoms with van der Waals surface area (Å²) in [5, 5.41) is 18.9. The van der Waals surface area contributed by atoms with Crippen LogP contribution >= 0.6 is 0 Å². The Morgan fingerprint density at radius 2 is 0.860 bits per heavy atom. The van der Waals surface area contributed by atoms with Crippen molar-refractivity contribution in [3.05, 3.63) is 122 Å². The van der Waals surface area contributed by atoms with Gasteiger partial charge in [0.1, 0.15) is 36.2 Å². The van der Waals surface area contributed by atoms with Crippen molar-refractivity contribution in [2.24, 2.45) is 0 Å². The van der Waals surface area contributed by atoms with Gasteiger partial charge in [0.05, 0.1) is 22.7 Å². The molecule has 0 unspecified atom stereocenters. The Morgan fingerprint density at radius 1 is 0.540 bits per heavy atom. The van der Waals surface area contributed by atoms with Crippen LogP contribution < -0.4 is 30.7 Å². The minimum absolute atomic E-state index is 0.0221.